The van der Waals surface area contributed by atoms with Crippen molar-refractivity contribution in [2.75, 3.05) is 0 Å². The zero-order valence-electron chi connectivity index (χ0n) is 20.0. The van der Waals surface area contributed by atoms with E-state index in [0.29, 0.717) is 27.9 Å². The number of nitriles is 1. The van der Waals surface area contributed by atoms with Crippen LogP contribution in [0.3, 0.4) is 0 Å². The zero-order chi connectivity index (χ0) is 25.2. The van der Waals surface area contributed by atoms with Gasteiger partial charge in [0.25, 0.3) is 0 Å². The molecule has 15 heteroatoms. The van der Waals surface area contributed by atoms with Crippen LogP contribution in [0.1, 0.15) is 29.0 Å². The molecule has 0 amide bonds. The predicted molar refractivity (Wildman–Crippen MR) is 117 cm³/mol. The van der Waals surface area contributed by atoms with E-state index in [0.717, 1.165) is 23.5 Å². The molecule has 0 aliphatic carbocycles. The van der Waals surface area contributed by atoms with E-state index in [4.69, 9.17) is 9.79 Å². The van der Waals surface area contributed by atoms with E-state index in [9.17, 15) is 18.7 Å². The Kier molecular flexibility index (Phi) is 11.3. The molecule has 2 aromatic carbocycles. The molecule has 2 heterocycles. The van der Waals surface area contributed by atoms with E-state index in [1.807, 2.05) is 6.07 Å². The summed E-state index contributed by atoms with van der Waals surface area (Å²) < 4.78 is 47.0. The van der Waals surface area contributed by atoms with Crippen molar-refractivity contribution >= 4 is 19.2 Å². The number of rotatable bonds is 8. The number of benzene rings is 2. The van der Waals surface area contributed by atoms with E-state index in [1.54, 1.807) is 29.6 Å². The molecule has 0 unspecified atom stereocenters. The Morgan fingerprint density at radius 2 is 1.92 bits per heavy atom. The molecule has 0 aliphatic heterocycles. The van der Waals surface area contributed by atoms with Gasteiger partial charge in [0.05, 0.1) is 36.7 Å². The van der Waals surface area contributed by atoms with Crippen molar-refractivity contribution in [1.29, 1.82) is 5.26 Å². The van der Waals surface area contributed by atoms with Crippen LogP contribution < -0.4 is 68.9 Å². The number of aromatic nitrogens is 4. The SMILES string of the molecule is C[C@@H](c1nc(-c2ccc(C#N)cc2)cs1)[C@@](Cn1cncn1)(OP(=O)([O-])[O-])c1ccc(F)cc1F.[Na+].[Na+]. The summed E-state index contributed by atoms with van der Waals surface area (Å²) in [7, 11) is -5.71. The van der Waals surface area contributed by atoms with Gasteiger partial charge in [-0.15, -0.1) is 11.3 Å². The number of hydrogen-bond donors (Lipinski definition) is 0. The van der Waals surface area contributed by atoms with Gasteiger partial charge in [-0.1, -0.05) is 25.1 Å². The molecule has 0 fully saturated rings. The molecule has 180 valence electrons. The second-order valence-electron chi connectivity index (χ2n) is 7.63. The Labute approximate surface area is 259 Å². The molecular weight excluding hydrogens is 545 g/mol. The molecule has 0 N–H and O–H groups in total. The number of hydrogen-bond acceptors (Lipinski definition) is 9. The van der Waals surface area contributed by atoms with E-state index >= 15 is 4.39 Å². The Balaban J connectivity index is 0.00000241. The minimum absolute atomic E-state index is 0. The topological polar surface area (TPSA) is 140 Å². The van der Waals surface area contributed by atoms with Gasteiger partial charge >= 0.3 is 59.1 Å². The molecule has 37 heavy (non-hydrogen) atoms. The first-order valence-electron chi connectivity index (χ1n) is 10.1. The van der Waals surface area contributed by atoms with Crippen molar-refractivity contribution in [2.45, 2.75) is 25.0 Å². The molecule has 2 atom stereocenters. The van der Waals surface area contributed by atoms with Gasteiger partial charge in [-0.05, 0) is 18.2 Å². The molecule has 0 saturated carbocycles. The molecule has 0 saturated heterocycles. The Morgan fingerprint density at radius 1 is 1.22 bits per heavy atom. The number of phosphoric acid groups is 1. The van der Waals surface area contributed by atoms with Crippen molar-refractivity contribution in [3.8, 4) is 17.3 Å². The first-order chi connectivity index (χ1) is 16.6. The Morgan fingerprint density at radius 3 is 2.49 bits per heavy atom. The molecule has 0 spiro atoms. The van der Waals surface area contributed by atoms with Crippen LogP contribution in [0.2, 0.25) is 0 Å². The third kappa shape index (κ3) is 7.41. The second-order valence-corrected chi connectivity index (χ2v) is 9.59. The molecule has 2 aromatic heterocycles. The van der Waals surface area contributed by atoms with E-state index in [2.05, 4.69) is 15.1 Å². The summed E-state index contributed by atoms with van der Waals surface area (Å²) in [5.41, 5.74) is -0.851. The van der Waals surface area contributed by atoms with Crippen LogP contribution >= 0.6 is 19.2 Å². The van der Waals surface area contributed by atoms with Crippen LogP contribution in [-0.4, -0.2) is 19.7 Å². The molecule has 4 rings (SSSR count). The summed E-state index contributed by atoms with van der Waals surface area (Å²) in [5.74, 6) is -3.01. The van der Waals surface area contributed by atoms with E-state index < -0.39 is 37.5 Å². The van der Waals surface area contributed by atoms with Crippen molar-refractivity contribution in [1.82, 2.24) is 19.7 Å². The monoisotopic (exact) mass is 561 g/mol. The number of nitrogens with zero attached hydrogens (tertiary/aromatic N) is 5. The van der Waals surface area contributed by atoms with Crippen LogP contribution in [0.15, 0.2) is 60.5 Å². The Hall–Kier alpha value is -1.33. The van der Waals surface area contributed by atoms with E-state index in [1.165, 1.54) is 24.3 Å². The maximum absolute atomic E-state index is 15.1. The average molecular weight is 561 g/mol. The van der Waals surface area contributed by atoms with Gasteiger partial charge < -0.3 is 18.9 Å². The van der Waals surface area contributed by atoms with Gasteiger partial charge in [0.1, 0.15) is 29.9 Å². The van der Waals surface area contributed by atoms with Crippen molar-refractivity contribution in [3.05, 3.63) is 88.3 Å². The molecule has 0 radical (unpaired) electrons. The second kappa shape index (κ2) is 13.2. The summed E-state index contributed by atoms with van der Waals surface area (Å²) in [6.45, 7) is 1.09. The van der Waals surface area contributed by atoms with Crippen LogP contribution in [0.5, 0.6) is 0 Å². The summed E-state index contributed by atoms with van der Waals surface area (Å²) in [4.78, 5) is 32.2. The predicted octanol–water partition coefficient (Wildman–Crippen LogP) is -2.90. The first-order valence-corrected chi connectivity index (χ1v) is 12.4. The average Bonchev–Trinajstić information content (AvgIpc) is 3.49. The smallest absolute Gasteiger partial charge is 0.790 e. The van der Waals surface area contributed by atoms with Gasteiger partial charge in [0.15, 0.2) is 0 Å². The maximum atomic E-state index is 15.1. The van der Waals surface area contributed by atoms with Gasteiger partial charge in [-0.25, -0.2) is 23.4 Å². The molecule has 9 nitrogen and oxygen atoms in total. The van der Waals surface area contributed by atoms with Crippen molar-refractivity contribution in [2.24, 2.45) is 0 Å². The van der Waals surface area contributed by atoms with Gasteiger partial charge in [-0.3, -0.25) is 0 Å². The van der Waals surface area contributed by atoms with E-state index in [-0.39, 0.29) is 64.7 Å². The molecule has 0 aliphatic rings. The summed E-state index contributed by atoms with van der Waals surface area (Å²) in [5, 5.41) is 15.0. The quantitative estimate of drug-likeness (QED) is 0.165. The van der Waals surface area contributed by atoms with Gasteiger partial charge in [0.2, 0.25) is 0 Å². The standard InChI is InChI=1S/C22H18F2N5O4PS.2Na/c1-14(21-28-20(10-35-21)16-4-2-15(9-25)3-5-16)22(33-34(30,31)32,11-29-13-26-12-27-29)18-7-6-17(23)8-19(18)24;;/h2-8,10,12-14H,11H2,1H3,(H2,30,31,32);;/q;2*+1/p-2/t14-,22+;;/m0../s1. The fourth-order valence-corrected chi connectivity index (χ4v) is 5.41. The summed E-state index contributed by atoms with van der Waals surface area (Å²) >= 11 is 1.14. The van der Waals surface area contributed by atoms with Crippen LogP contribution in [0, 0.1) is 23.0 Å². The normalized spacial score (nSPS) is 13.5. The Bertz CT molecular complexity index is 1430. The summed E-state index contributed by atoms with van der Waals surface area (Å²) in [6.07, 6.45) is 2.42. The largest absolute Gasteiger partial charge is 1.00 e. The van der Waals surface area contributed by atoms with Crippen LogP contribution in [-0.2, 0) is 21.2 Å². The minimum Gasteiger partial charge on any atom is -0.790 e. The molecule has 0 bridgehead atoms. The third-order valence-electron chi connectivity index (χ3n) is 5.43. The molecule has 4 aromatic rings. The third-order valence-corrected chi connectivity index (χ3v) is 7.00. The fourth-order valence-electron chi connectivity index (χ4n) is 3.73. The maximum Gasteiger partial charge on any atom is 1.00 e. The number of thiazole rings is 1. The number of halogens is 2. The van der Waals surface area contributed by atoms with Crippen LogP contribution in [0.4, 0.5) is 8.78 Å². The summed E-state index contributed by atoms with van der Waals surface area (Å²) in [6, 6.07) is 11.2. The fraction of sp³-hybridized carbons (Fsp3) is 0.182. The first kappa shape index (κ1) is 31.9. The van der Waals surface area contributed by atoms with Crippen molar-refractivity contribution < 1.29 is 86.8 Å². The van der Waals surface area contributed by atoms with Crippen LogP contribution in [0.25, 0.3) is 11.3 Å². The molecular formula is C22H16F2N5Na2O4PS. The van der Waals surface area contributed by atoms with Gasteiger partial charge in [0, 0.05) is 28.5 Å². The minimum atomic E-state index is -5.71. The number of phosphoric ester groups is 1. The van der Waals surface area contributed by atoms with Crippen molar-refractivity contribution in [3.63, 3.8) is 0 Å². The van der Waals surface area contributed by atoms with Gasteiger partial charge in [-0.2, -0.15) is 10.4 Å². The zero-order valence-corrected chi connectivity index (χ0v) is 25.7.